The minimum absolute atomic E-state index is 0.909. The van der Waals surface area contributed by atoms with Crippen LogP contribution in [-0.4, -0.2) is 9.78 Å². The van der Waals surface area contributed by atoms with Crippen LogP contribution in [0.1, 0.15) is 6.92 Å². The number of thiophene rings is 1. The fourth-order valence-electron chi connectivity index (χ4n) is 1.09. The highest BCUT2D eigenvalue weighted by Gasteiger charge is 1.97. The average molecular weight is 193 g/mol. The van der Waals surface area contributed by atoms with Gasteiger partial charge in [0.25, 0.3) is 0 Å². The summed E-state index contributed by atoms with van der Waals surface area (Å²) >= 11 is 1.69. The second kappa shape index (κ2) is 3.62. The van der Waals surface area contributed by atoms with Crippen LogP contribution in [0.2, 0.25) is 0 Å². The molecule has 0 unspecified atom stereocenters. The molecule has 2 rings (SSSR count). The van der Waals surface area contributed by atoms with Gasteiger partial charge in [-0.1, -0.05) is 0 Å². The van der Waals surface area contributed by atoms with E-state index in [-0.39, 0.29) is 0 Å². The number of nitrogens with zero attached hydrogens (tertiary/aromatic N) is 2. The first kappa shape index (κ1) is 8.31. The van der Waals surface area contributed by atoms with Crippen molar-refractivity contribution in [1.29, 1.82) is 0 Å². The van der Waals surface area contributed by atoms with Gasteiger partial charge in [-0.05, 0) is 24.4 Å². The Balaban J connectivity index is 2.10. The highest BCUT2D eigenvalue weighted by molar-refractivity contribution is 7.14. The second-order valence-corrected chi connectivity index (χ2v) is 3.63. The van der Waals surface area contributed by atoms with E-state index in [2.05, 4.69) is 17.3 Å². The molecule has 0 aliphatic heterocycles. The van der Waals surface area contributed by atoms with Crippen molar-refractivity contribution in [2.24, 2.45) is 0 Å². The molecular weight excluding hydrogens is 182 g/mol. The first-order valence-electron chi connectivity index (χ1n) is 4.21. The van der Waals surface area contributed by atoms with E-state index in [1.807, 2.05) is 34.6 Å². The van der Waals surface area contributed by atoms with E-state index in [1.54, 1.807) is 11.3 Å². The summed E-state index contributed by atoms with van der Waals surface area (Å²) in [7, 11) is 0. The van der Waals surface area contributed by atoms with Crippen molar-refractivity contribution in [2.75, 3.05) is 5.32 Å². The predicted octanol–water partition coefficient (Wildman–Crippen LogP) is 2.71. The van der Waals surface area contributed by atoms with Crippen molar-refractivity contribution in [3.63, 3.8) is 0 Å². The molecule has 68 valence electrons. The lowest BCUT2D eigenvalue weighted by Crippen LogP contribution is -1.92. The normalized spacial score (nSPS) is 10.2. The Labute approximate surface area is 81.0 Å². The SMILES string of the molecule is CCn1cc(Nc2cccs2)cn1. The lowest BCUT2D eigenvalue weighted by atomic mass is 10.5. The molecule has 2 heterocycles. The van der Waals surface area contributed by atoms with E-state index in [9.17, 15) is 0 Å². The molecule has 0 radical (unpaired) electrons. The minimum atomic E-state index is 0.909. The van der Waals surface area contributed by atoms with Crippen LogP contribution in [0.25, 0.3) is 0 Å². The molecule has 0 saturated carbocycles. The zero-order valence-electron chi connectivity index (χ0n) is 7.40. The fraction of sp³-hybridized carbons (Fsp3) is 0.222. The molecule has 0 fully saturated rings. The topological polar surface area (TPSA) is 29.9 Å². The van der Waals surface area contributed by atoms with Gasteiger partial charge in [0.15, 0.2) is 0 Å². The van der Waals surface area contributed by atoms with Crippen molar-refractivity contribution < 1.29 is 0 Å². The molecule has 2 aromatic heterocycles. The van der Waals surface area contributed by atoms with Crippen LogP contribution in [0, 0.1) is 0 Å². The van der Waals surface area contributed by atoms with Gasteiger partial charge < -0.3 is 5.32 Å². The number of hydrogen-bond acceptors (Lipinski definition) is 3. The highest BCUT2D eigenvalue weighted by atomic mass is 32.1. The van der Waals surface area contributed by atoms with Gasteiger partial charge in [-0.3, -0.25) is 4.68 Å². The molecule has 4 heteroatoms. The molecule has 2 aromatic rings. The summed E-state index contributed by atoms with van der Waals surface area (Å²) in [6.07, 6.45) is 3.84. The van der Waals surface area contributed by atoms with E-state index in [0.717, 1.165) is 17.2 Å². The third-order valence-corrected chi connectivity index (χ3v) is 2.53. The molecule has 0 aliphatic carbocycles. The summed E-state index contributed by atoms with van der Waals surface area (Å²) < 4.78 is 1.90. The van der Waals surface area contributed by atoms with E-state index in [4.69, 9.17) is 0 Å². The van der Waals surface area contributed by atoms with Crippen molar-refractivity contribution in [1.82, 2.24) is 9.78 Å². The molecule has 0 atom stereocenters. The van der Waals surface area contributed by atoms with Gasteiger partial charge in [-0.15, -0.1) is 11.3 Å². The van der Waals surface area contributed by atoms with Crippen molar-refractivity contribution >= 4 is 22.0 Å². The number of aryl methyl sites for hydroxylation is 1. The Hall–Kier alpha value is -1.29. The molecule has 13 heavy (non-hydrogen) atoms. The van der Waals surface area contributed by atoms with Gasteiger partial charge in [-0.25, -0.2) is 0 Å². The lowest BCUT2D eigenvalue weighted by molar-refractivity contribution is 0.660. The molecule has 0 spiro atoms. The Bertz CT molecular complexity index is 364. The highest BCUT2D eigenvalue weighted by Crippen LogP contribution is 2.20. The average Bonchev–Trinajstić information content (AvgIpc) is 2.76. The Kier molecular flexibility index (Phi) is 2.31. The molecular formula is C9H11N3S. The molecule has 0 aromatic carbocycles. The van der Waals surface area contributed by atoms with Gasteiger partial charge in [0.05, 0.1) is 16.9 Å². The van der Waals surface area contributed by atoms with Gasteiger partial charge in [-0.2, -0.15) is 5.10 Å². The summed E-state index contributed by atoms with van der Waals surface area (Å²) in [6, 6.07) is 4.07. The number of anilines is 2. The van der Waals surface area contributed by atoms with Crippen molar-refractivity contribution in [3.05, 3.63) is 29.9 Å². The van der Waals surface area contributed by atoms with Crippen LogP contribution in [-0.2, 0) is 6.54 Å². The van der Waals surface area contributed by atoms with Gasteiger partial charge in [0, 0.05) is 12.7 Å². The first-order valence-corrected chi connectivity index (χ1v) is 5.09. The van der Waals surface area contributed by atoms with E-state index in [0.29, 0.717) is 0 Å². The largest absolute Gasteiger partial charge is 0.345 e. The summed E-state index contributed by atoms with van der Waals surface area (Å²) in [6.45, 7) is 2.98. The summed E-state index contributed by atoms with van der Waals surface area (Å²) in [5, 5.41) is 10.6. The maximum Gasteiger partial charge on any atom is 0.0927 e. The third-order valence-electron chi connectivity index (χ3n) is 1.75. The summed E-state index contributed by atoms with van der Waals surface area (Å²) in [5.41, 5.74) is 1.05. The molecule has 0 bridgehead atoms. The van der Waals surface area contributed by atoms with Crippen LogP contribution >= 0.6 is 11.3 Å². The zero-order valence-corrected chi connectivity index (χ0v) is 8.21. The van der Waals surface area contributed by atoms with Crippen LogP contribution in [0.5, 0.6) is 0 Å². The number of hydrogen-bond donors (Lipinski definition) is 1. The Morgan fingerprint density at radius 2 is 2.54 bits per heavy atom. The molecule has 0 aliphatic rings. The smallest absolute Gasteiger partial charge is 0.0927 e. The van der Waals surface area contributed by atoms with Crippen LogP contribution < -0.4 is 5.32 Å². The second-order valence-electron chi connectivity index (χ2n) is 2.69. The fourth-order valence-corrected chi connectivity index (χ4v) is 1.73. The van der Waals surface area contributed by atoms with Crippen LogP contribution in [0.3, 0.4) is 0 Å². The van der Waals surface area contributed by atoms with Gasteiger partial charge in [0.2, 0.25) is 0 Å². The minimum Gasteiger partial charge on any atom is -0.345 e. The molecule has 3 nitrogen and oxygen atoms in total. The van der Waals surface area contributed by atoms with E-state index < -0.39 is 0 Å². The van der Waals surface area contributed by atoms with Gasteiger partial charge in [0.1, 0.15) is 0 Å². The van der Waals surface area contributed by atoms with E-state index in [1.165, 1.54) is 0 Å². The maximum absolute atomic E-state index is 4.17. The number of nitrogens with one attached hydrogen (secondary N) is 1. The Morgan fingerprint density at radius 3 is 3.15 bits per heavy atom. The first-order chi connectivity index (χ1) is 6.38. The van der Waals surface area contributed by atoms with Crippen LogP contribution in [0.4, 0.5) is 10.7 Å². The zero-order chi connectivity index (χ0) is 9.10. The maximum atomic E-state index is 4.17. The number of aromatic nitrogens is 2. The van der Waals surface area contributed by atoms with Gasteiger partial charge >= 0.3 is 0 Å². The lowest BCUT2D eigenvalue weighted by Gasteiger charge is -1.97. The standard InChI is InChI=1S/C9H11N3S/c1-2-12-7-8(6-10-12)11-9-4-3-5-13-9/h3-7,11H,2H2,1H3. The summed E-state index contributed by atoms with van der Waals surface area (Å²) in [4.78, 5) is 0. The molecule has 0 saturated heterocycles. The third kappa shape index (κ3) is 1.89. The quantitative estimate of drug-likeness (QED) is 0.812. The monoisotopic (exact) mass is 193 g/mol. The van der Waals surface area contributed by atoms with Crippen molar-refractivity contribution in [2.45, 2.75) is 13.5 Å². The van der Waals surface area contributed by atoms with Crippen molar-refractivity contribution in [3.8, 4) is 0 Å². The summed E-state index contributed by atoms with van der Waals surface area (Å²) in [5.74, 6) is 0. The molecule has 0 amide bonds. The van der Waals surface area contributed by atoms with E-state index >= 15 is 0 Å². The molecule has 1 N–H and O–H groups in total. The predicted molar refractivity (Wildman–Crippen MR) is 55.5 cm³/mol. The Morgan fingerprint density at radius 1 is 1.62 bits per heavy atom. The number of rotatable bonds is 3. The van der Waals surface area contributed by atoms with Crippen LogP contribution in [0.15, 0.2) is 29.9 Å².